The van der Waals surface area contributed by atoms with Crippen LogP contribution >= 0.6 is 46.4 Å². The van der Waals surface area contributed by atoms with Crippen molar-refractivity contribution in [2.24, 2.45) is 5.92 Å². The molecular formula is C87H85Cl4F2N21O9. The van der Waals surface area contributed by atoms with Crippen LogP contribution in [-0.2, 0) is 46.5 Å². The number of benzene rings is 3. The van der Waals surface area contributed by atoms with Gasteiger partial charge >= 0.3 is 0 Å². The number of aryl methyl sites for hydroxylation is 5. The van der Waals surface area contributed by atoms with E-state index >= 15 is 8.78 Å². The molecule has 0 atom stereocenters. The number of methoxy groups -OCH3 is 6. The van der Waals surface area contributed by atoms with Crippen LogP contribution in [-0.4, -0.2) is 192 Å². The van der Waals surface area contributed by atoms with E-state index in [1.165, 1.54) is 79.8 Å². The summed E-state index contributed by atoms with van der Waals surface area (Å²) >= 11 is 27.2. The minimum absolute atomic E-state index is 0.0383. The number of carbonyl (C=O) groups is 3. The van der Waals surface area contributed by atoms with Crippen LogP contribution in [0.5, 0.6) is 34.5 Å². The molecule has 3 amide bonds. The van der Waals surface area contributed by atoms with E-state index < -0.39 is 11.6 Å². The molecule has 634 valence electrons. The lowest BCUT2D eigenvalue weighted by Crippen LogP contribution is -2.48. The van der Waals surface area contributed by atoms with Gasteiger partial charge in [0.2, 0.25) is 35.6 Å². The van der Waals surface area contributed by atoms with E-state index in [1.54, 1.807) is 84.7 Å². The number of ether oxygens (including phenoxy) is 6. The lowest BCUT2D eigenvalue weighted by atomic mass is 10.0. The number of fused-ring (bicyclic) bond motifs is 9. The molecule has 16 rings (SSSR count). The van der Waals surface area contributed by atoms with Gasteiger partial charge in [-0.05, 0) is 124 Å². The predicted octanol–water partition coefficient (Wildman–Crippen LogP) is 15.6. The summed E-state index contributed by atoms with van der Waals surface area (Å²) in [6.07, 6.45) is 24.4. The Morgan fingerprint density at radius 3 is 1.33 bits per heavy atom. The normalized spacial score (nSPS) is 12.7. The molecule has 3 aromatic carbocycles. The Balaban J connectivity index is 0.000000151. The molecule has 1 saturated carbocycles. The number of aromatic nitrogens is 14. The number of rotatable bonds is 29. The lowest BCUT2D eigenvalue weighted by Gasteiger charge is -2.34. The number of nitrogens with one attached hydrogen (secondary N) is 5. The smallest absolute Gasteiger partial charge is 0.248 e. The van der Waals surface area contributed by atoms with Crippen LogP contribution in [0.1, 0.15) is 47.6 Å². The van der Waals surface area contributed by atoms with Crippen molar-refractivity contribution in [1.82, 2.24) is 77.8 Å². The van der Waals surface area contributed by atoms with Crippen LogP contribution in [0.25, 0.3) is 83.4 Å². The fourth-order valence-electron chi connectivity index (χ4n) is 14.2. The van der Waals surface area contributed by atoms with Crippen LogP contribution in [0, 0.1) is 17.6 Å². The Morgan fingerprint density at radius 2 is 0.902 bits per heavy atom. The van der Waals surface area contributed by atoms with Gasteiger partial charge in [-0.15, -0.1) is 0 Å². The maximum Gasteiger partial charge on any atom is 0.248 e. The van der Waals surface area contributed by atoms with Crippen molar-refractivity contribution in [2.75, 3.05) is 123 Å². The number of nitrogens with zero attached hydrogens (tertiary/aromatic N) is 16. The zero-order valence-corrected chi connectivity index (χ0v) is 71.3. The first kappa shape index (κ1) is 86.2. The molecule has 1 aliphatic carbocycles. The summed E-state index contributed by atoms with van der Waals surface area (Å²) in [6, 6.07) is 17.3. The summed E-state index contributed by atoms with van der Waals surface area (Å²) in [5.74, 6) is 1.63. The Hall–Kier alpha value is -13.1. The number of amides is 3. The molecule has 0 unspecified atom stereocenters. The van der Waals surface area contributed by atoms with Crippen molar-refractivity contribution >= 4 is 144 Å². The molecule has 30 nitrogen and oxygen atoms in total. The SMILES string of the molecule is C=CC(=O)N1CCN(CCCc2cn3c(n2)c(-c2c(F)c(OC)cc(OC)c2F)cc2cnc(NCC4CC4)nc23)CC1.C=CC(=O)Nc1ccc(CCc2cn3c(n2)c(-c2c(Cl)c(OC)cc(OC)c2Cl)cc2cnc(NC)nc23)cn1.C=CC(=O)Nc1ccc(CCc2cn3c(n2)c(-c2c(Cl)c(OC)cc(OC)c2Cl)cc2cnc(NC)nc23)nc1. The third kappa shape index (κ3) is 18.7. The summed E-state index contributed by atoms with van der Waals surface area (Å²) in [6.45, 7) is 15.1. The van der Waals surface area contributed by atoms with Gasteiger partial charge in [0.05, 0.1) is 97.3 Å². The Bertz CT molecular complexity index is 6060. The number of anilines is 5. The van der Waals surface area contributed by atoms with E-state index in [0.717, 1.165) is 71.7 Å². The average Bonchev–Trinajstić information content (AvgIpc) is 1.70. The zero-order chi connectivity index (χ0) is 86.9. The van der Waals surface area contributed by atoms with Gasteiger partial charge < -0.3 is 59.9 Å². The van der Waals surface area contributed by atoms with E-state index in [1.807, 2.05) is 51.7 Å². The van der Waals surface area contributed by atoms with Crippen LogP contribution in [0.2, 0.25) is 20.1 Å². The van der Waals surface area contributed by atoms with E-state index in [2.05, 4.69) is 86.1 Å². The lowest BCUT2D eigenvalue weighted by molar-refractivity contribution is -0.127. The second-order valence-corrected chi connectivity index (χ2v) is 30.0. The zero-order valence-electron chi connectivity index (χ0n) is 68.3. The van der Waals surface area contributed by atoms with Crippen molar-refractivity contribution in [2.45, 2.75) is 51.4 Å². The molecule has 2 fully saturated rings. The highest BCUT2D eigenvalue weighted by molar-refractivity contribution is 6.42. The minimum Gasteiger partial charge on any atom is -0.495 e. The Labute approximate surface area is 724 Å². The first-order valence-corrected chi connectivity index (χ1v) is 40.5. The minimum atomic E-state index is -0.843. The number of hydrogen-bond donors (Lipinski definition) is 5. The molecule has 0 spiro atoms. The Morgan fingerprint density at radius 1 is 0.463 bits per heavy atom. The third-order valence-electron chi connectivity index (χ3n) is 20.8. The van der Waals surface area contributed by atoms with Gasteiger partial charge in [0.1, 0.15) is 45.8 Å². The van der Waals surface area contributed by atoms with Crippen molar-refractivity contribution in [1.29, 1.82) is 0 Å². The number of hydrogen-bond acceptors (Lipinski definition) is 24. The number of pyridine rings is 5. The molecule has 1 aliphatic heterocycles. The number of halogens is 6. The van der Waals surface area contributed by atoms with E-state index in [0.29, 0.717) is 185 Å². The second-order valence-electron chi connectivity index (χ2n) is 28.5. The van der Waals surface area contributed by atoms with Gasteiger partial charge in [-0.1, -0.05) is 72.2 Å². The van der Waals surface area contributed by atoms with Gasteiger partial charge in [0, 0.05) is 158 Å². The highest BCUT2D eigenvalue weighted by Crippen LogP contribution is 2.50. The van der Waals surface area contributed by atoms with Crippen molar-refractivity contribution in [3.63, 3.8) is 0 Å². The van der Waals surface area contributed by atoms with Crippen LogP contribution in [0.15, 0.2) is 148 Å². The molecule has 12 heterocycles. The van der Waals surface area contributed by atoms with Crippen LogP contribution in [0.3, 0.4) is 0 Å². The molecule has 123 heavy (non-hydrogen) atoms. The number of carbonyl (C=O) groups excluding carboxylic acids is 3. The standard InChI is InChI=1S/C31H35F2N7O3.2C28H25Cl2N7O3/c1-4-25(41)39-12-10-38(11-13-39)9-5-6-21-18-40-29-20(17-35-31(37-29)34-16-19-7-8-19)14-22(30(40)36-21)26-27(32)23(42-2)15-24(43-3)28(26)33;1-5-22(38)34-17-8-6-16(32-13-17)7-9-18-14-37-26-15(12-33-28(31-2)36-26)10-19(27(37)35-18)23-24(29)20(39-3)11-21(40-4)25(23)30;1-5-22(38)35-21-9-7-15(12-32-21)6-8-17-14-37-26-16(13-33-28(31-2)36-26)10-18(27(37)34-17)23-24(29)19(39-3)11-20(40-4)25(23)30/h4,14-15,17-19H,1,5-13,16H2,2-3H3,(H,34,35,37);5-6,8,10-14H,1,7,9H2,2-4H3,(H,34,38)(H,31,33,36);5,7,9-14H,1,6,8H2,2-4H3,(H,31,33,36)(H,32,35,38). The highest BCUT2D eigenvalue weighted by atomic mass is 35.5. The van der Waals surface area contributed by atoms with Crippen LogP contribution in [0.4, 0.5) is 38.1 Å². The largest absolute Gasteiger partial charge is 0.495 e. The molecule has 0 bridgehead atoms. The molecule has 0 radical (unpaired) electrons. The summed E-state index contributed by atoms with van der Waals surface area (Å²) in [5.41, 5.74) is 10.7. The molecule has 5 N–H and O–H groups in total. The fraction of sp³-hybridized carbons (Fsp3) is 0.264. The van der Waals surface area contributed by atoms with Gasteiger partial charge in [-0.25, -0.2) is 43.7 Å². The fourth-order valence-corrected chi connectivity index (χ4v) is 15.6. The predicted molar refractivity (Wildman–Crippen MR) is 473 cm³/mol. The maximum absolute atomic E-state index is 15.7. The van der Waals surface area contributed by atoms with E-state index in [-0.39, 0.29) is 40.3 Å². The summed E-state index contributed by atoms with van der Waals surface area (Å²) in [5, 5.41) is 18.1. The quantitative estimate of drug-likeness (QED) is 0.0272. The van der Waals surface area contributed by atoms with Gasteiger partial charge in [0.15, 0.2) is 40.1 Å². The summed E-state index contributed by atoms with van der Waals surface area (Å²) in [7, 11) is 12.3. The highest BCUT2D eigenvalue weighted by Gasteiger charge is 2.30. The Kier molecular flexibility index (Phi) is 26.9. The second kappa shape index (κ2) is 38.3. The van der Waals surface area contributed by atoms with Gasteiger partial charge in [0.25, 0.3) is 0 Å². The van der Waals surface area contributed by atoms with Gasteiger partial charge in [-0.3, -0.25) is 37.5 Å². The molecule has 1 saturated heterocycles. The molecule has 11 aromatic heterocycles. The molecular weight excluding hydrogens is 1660 g/mol. The average molecular weight is 1750 g/mol. The third-order valence-corrected chi connectivity index (χ3v) is 22.3. The summed E-state index contributed by atoms with van der Waals surface area (Å²) in [4.78, 5) is 89.9. The maximum atomic E-state index is 15.7. The monoisotopic (exact) mass is 1750 g/mol. The number of piperazine rings is 1. The van der Waals surface area contributed by atoms with Gasteiger partial charge in [-0.2, -0.15) is 15.0 Å². The first-order chi connectivity index (χ1) is 59.6. The number of imidazole rings is 3. The van der Waals surface area contributed by atoms with Crippen LogP contribution < -0.4 is 55.0 Å². The van der Waals surface area contributed by atoms with Crippen molar-refractivity contribution in [3.05, 3.63) is 208 Å². The molecule has 36 heteroatoms. The molecule has 2 aliphatic rings. The topological polar surface area (TPSA) is 328 Å². The molecule has 14 aromatic rings. The van der Waals surface area contributed by atoms with Crippen molar-refractivity contribution < 1.29 is 51.6 Å². The first-order valence-electron chi connectivity index (χ1n) is 39.0. The van der Waals surface area contributed by atoms with E-state index in [9.17, 15) is 14.4 Å². The van der Waals surface area contributed by atoms with E-state index in [4.69, 9.17) is 94.8 Å². The summed E-state index contributed by atoms with van der Waals surface area (Å²) < 4.78 is 69.4. The van der Waals surface area contributed by atoms with Crippen molar-refractivity contribution in [3.8, 4) is 67.9 Å².